The molecule has 2 aromatic heterocycles. The molecule has 1 aliphatic heterocycles. The minimum Gasteiger partial charge on any atom is -0.493 e. The first-order valence-electron chi connectivity index (χ1n) is 15.7. The second-order valence-corrected chi connectivity index (χ2v) is 12.5. The van der Waals surface area contributed by atoms with Crippen LogP contribution in [-0.2, 0) is 6.42 Å². The third-order valence-electron chi connectivity index (χ3n) is 8.40. The Morgan fingerprint density at radius 1 is 0.902 bits per heavy atom. The summed E-state index contributed by atoms with van der Waals surface area (Å²) in [5.41, 5.74) is 5.20. The van der Waals surface area contributed by atoms with Crippen LogP contribution in [0.15, 0.2) is 36.5 Å². The molecule has 41 heavy (non-hydrogen) atoms. The quantitative estimate of drug-likeness (QED) is 0.204. The molecule has 4 rings (SSSR count). The van der Waals surface area contributed by atoms with Crippen molar-refractivity contribution in [3.05, 3.63) is 47.7 Å². The highest BCUT2D eigenvalue weighted by atomic mass is 16.5. The van der Waals surface area contributed by atoms with Crippen molar-refractivity contribution in [2.45, 2.75) is 78.9 Å². The van der Waals surface area contributed by atoms with Crippen LogP contribution < -0.4 is 9.47 Å². The fourth-order valence-corrected chi connectivity index (χ4v) is 5.81. The number of methoxy groups -OCH3 is 2. The summed E-state index contributed by atoms with van der Waals surface area (Å²) in [5, 5.41) is 16.7. The number of rotatable bonds is 15. The van der Waals surface area contributed by atoms with Crippen LogP contribution in [-0.4, -0.2) is 71.5 Å². The van der Waals surface area contributed by atoms with Crippen molar-refractivity contribution < 1.29 is 14.6 Å². The van der Waals surface area contributed by atoms with Gasteiger partial charge in [0.05, 0.1) is 25.4 Å². The lowest BCUT2D eigenvalue weighted by atomic mass is 10.0. The summed E-state index contributed by atoms with van der Waals surface area (Å²) in [4.78, 5) is 4.84. The molecule has 1 aromatic carbocycles. The maximum absolute atomic E-state index is 11.6. The maximum Gasteiger partial charge on any atom is 0.161 e. The Bertz CT molecular complexity index is 1220. The zero-order valence-electron chi connectivity index (χ0n) is 26.2. The Balaban J connectivity index is 1.68. The second-order valence-electron chi connectivity index (χ2n) is 12.5. The zero-order chi connectivity index (χ0) is 29.4. The van der Waals surface area contributed by atoms with Crippen molar-refractivity contribution >= 4 is 5.52 Å². The van der Waals surface area contributed by atoms with Crippen LogP contribution in [0.5, 0.6) is 11.5 Å². The van der Waals surface area contributed by atoms with Gasteiger partial charge in [0.25, 0.3) is 0 Å². The van der Waals surface area contributed by atoms with E-state index in [1.54, 1.807) is 14.2 Å². The van der Waals surface area contributed by atoms with Crippen molar-refractivity contribution in [3.63, 3.8) is 0 Å². The van der Waals surface area contributed by atoms with Gasteiger partial charge in [-0.1, -0.05) is 34.1 Å². The SMILES string of the molecule is COc1ccc(-c2nn3ccc(C(O)N(CCC(C)C)CCC(C)C)cc3c2CCCN2CCCCC2)cc1OC. The molecule has 0 radical (unpaired) electrons. The number of ether oxygens (including phenoxy) is 2. The highest BCUT2D eigenvalue weighted by Gasteiger charge is 2.22. The number of likely N-dealkylation sites (tertiary alicyclic amines) is 1. The Hall–Kier alpha value is -2.61. The first kappa shape index (κ1) is 31.3. The van der Waals surface area contributed by atoms with E-state index in [1.807, 2.05) is 28.9 Å². The van der Waals surface area contributed by atoms with Crippen molar-refractivity contribution in [2.75, 3.05) is 46.9 Å². The summed E-state index contributed by atoms with van der Waals surface area (Å²) in [7, 11) is 3.33. The van der Waals surface area contributed by atoms with Gasteiger partial charge in [0.15, 0.2) is 11.5 Å². The summed E-state index contributed by atoms with van der Waals surface area (Å²) in [6.45, 7) is 14.3. The molecule has 0 aliphatic carbocycles. The summed E-state index contributed by atoms with van der Waals surface area (Å²) < 4.78 is 13.1. The lowest BCUT2D eigenvalue weighted by Crippen LogP contribution is -2.32. The summed E-state index contributed by atoms with van der Waals surface area (Å²) in [5.74, 6) is 2.59. The van der Waals surface area contributed by atoms with E-state index >= 15 is 0 Å². The van der Waals surface area contributed by atoms with Crippen molar-refractivity contribution in [1.29, 1.82) is 0 Å². The largest absolute Gasteiger partial charge is 0.493 e. The topological polar surface area (TPSA) is 62.5 Å². The van der Waals surface area contributed by atoms with Gasteiger partial charge in [0, 0.05) is 30.4 Å². The molecule has 7 nitrogen and oxygen atoms in total. The van der Waals surface area contributed by atoms with Crippen LogP contribution in [0.25, 0.3) is 16.8 Å². The smallest absolute Gasteiger partial charge is 0.161 e. The van der Waals surface area contributed by atoms with Crippen LogP contribution in [0.2, 0.25) is 0 Å². The van der Waals surface area contributed by atoms with E-state index < -0.39 is 6.23 Å². The molecule has 0 spiro atoms. The van der Waals surface area contributed by atoms with Gasteiger partial charge in [-0.25, -0.2) is 4.52 Å². The lowest BCUT2D eigenvalue weighted by molar-refractivity contribution is -0.00363. The summed E-state index contributed by atoms with van der Waals surface area (Å²) >= 11 is 0. The molecule has 1 unspecified atom stereocenters. The average Bonchev–Trinajstić information content (AvgIpc) is 3.34. The van der Waals surface area contributed by atoms with E-state index in [4.69, 9.17) is 14.6 Å². The van der Waals surface area contributed by atoms with Gasteiger partial charge >= 0.3 is 0 Å². The first-order valence-corrected chi connectivity index (χ1v) is 15.7. The minimum atomic E-state index is -0.641. The van der Waals surface area contributed by atoms with Gasteiger partial charge in [-0.2, -0.15) is 5.10 Å². The molecule has 0 bridgehead atoms. The van der Waals surface area contributed by atoms with E-state index in [1.165, 1.54) is 37.9 Å². The molecule has 3 heterocycles. The lowest BCUT2D eigenvalue weighted by Gasteiger charge is -2.29. The minimum absolute atomic E-state index is 0.594. The molecule has 0 amide bonds. The third-order valence-corrected chi connectivity index (χ3v) is 8.40. The summed E-state index contributed by atoms with van der Waals surface area (Å²) in [6.07, 6.45) is 9.46. The molecular weight excluding hydrogens is 512 g/mol. The molecule has 1 saturated heterocycles. The number of benzene rings is 1. The van der Waals surface area contributed by atoms with Crippen LogP contribution in [0.3, 0.4) is 0 Å². The van der Waals surface area contributed by atoms with Gasteiger partial charge in [-0.15, -0.1) is 0 Å². The monoisotopic (exact) mass is 564 g/mol. The molecule has 0 saturated carbocycles. The number of aliphatic hydroxyl groups is 1. The van der Waals surface area contributed by atoms with Crippen molar-refractivity contribution in [3.8, 4) is 22.8 Å². The number of aromatic nitrogens is 2. The molecule has 3 aromatic rings. The highest BCUT2D eigenvalue weighted by molar-refractivity contribution is 5.75. The van der Waals surface area contributed by atoms with Gasteiger partial charge in [-0.3, -0.25) is 4.90 Å². The standard InChI is InChI=1S/C34H52N4O3/c1-25(2)14-20-37(21-15-26(3)4)34(39)28-16-22-38-30(23-28)29(11-10-19-36-17-8-7-9-18-36)33(35-38)27-12-13-31(40-5)32(24-27)41-6/h12-13,16,22-26,34,39H,7-11,14-15,17-21H2,1-6H3. The molecule has 226 valence electrons. The van der Waals surface area contributed by atoms with Crippen LogP contribution in [0, 0.1) is 11.8 Å². The Morgan fingerprint density at radius 3 is 2.22 bits per heavy atom. The van der Waals surface area contributed by atoms with Crippen LogP contribution in [0.1, 0.15) is 83.6 Å². The highest BCUT2D eigenvalue weighted by Crippen LogP contribution is 2.35. The molecule has 1 aliphatic rings. The predicted octanol–water partition coefficient (Wildman–Crippen LogP) is 6.82. The zero-order valence-corrected chi connectivity index (χ0v) is 26.2. The number of pyridine rings is 1. The van der Waals surface area contributed by atoms with Gasteiger partial charge in [0.1, 0.15) is 6.23 Å². The Kier molecular flexibility index (Phi) is 11.5. The predicted molar refractivity (Wildman–Crippen MR) is 168 cm³/mol. The molecule has 1 fully saturated rings. The van der Waals surface area contributed by atoms with Gasteiger partial charge in [0.2, 0.25) is 0 Å². The van der Waals surface area contributed by atoms with Crippen molar-refractivity contribution in [2.24, 2.45) is 11.8 Å². The normalized spacial score (nSPS) is 15.4. The number of hydrogen-bond acceptors (Lipinski definition) is 6. The number of fused-ring (bicyclic) bond motifs is 1. The van der Waals surface area contributed by atoms with Gasteiger partial charge < -0.3 is 19.5 Å². The number of aryl methyl sites for hydroxylation is 1. The second kappa shape index (κ2) is 15.0. The molecular formula is C34H52N4O3. The fourth-order valence-electron chi connectivity index (χ4n) is 5.81. The number of nitrogens with zero attached hydrogens (tertiary/aromatic N) is 4. The summed E-state index contributed by atoms with van der Waals surface area (Å²) in [6, 6.07) is 10.2. The number of piperidine rings is 1. The average molecular weight is 565 g/mol. The number of aliphatic hydroxyl groups excluding tert-OH is 1. The van der Waals surface area contributed by atoms with Crippen molar-refractivity contribution in [1.82, 2.24) is 19.4 Å². The number of hydrogen-bond donors (Lipinski definition) is 1. The van der Waals surface area contributed by atoms with Crippen LogP contribution in [0.4, 0.5) is 0 Å². The molecule has 1 atom stereocenters. The van der Waals surface area contributed by atoms with E-state index in [2.05, 4.69) is 49.6 Å². The van der Waals surface area contributed by atoms with Crippen LogP contribution >= 0.6 is 0 Å². The molecule has 1 N–H and O–H groups in total. The molecule has 7 heteroatoms. The Morgan fingerprint density at radius 2 is 1.59 bits per heavy atom. The maximum atomic E-state index is 11.6. The first-order chi connectivity index (χ1) is 19.8. The Labute approximate surface area is 247 Å². The van der Waals surface area contributed by atoms with E-state index in [-0.39, 0.29) is 0 Å². The van der Waals surface area contributed by atoms with Gasteiger partial charge in [-0.05, 0) is 106 Å². The fraction of sp³-hybridized carbons (Fsp3) is 0.618. The third kappa shape index (κ3) is 8.24. The van der Waals surface area contributed by atoms with E-state index in [0.29, 0.717) is 23.3 Å². The van der Waals surface area contributed by atoms with E-state index in [0.717, 1.165) is 67.7 Å². The van der Waals surface area contributed by atoms with E-state index in [9.17, 15) is 5.11 Å².